The van der Waals surface area contributed by atoms with E-state index in [2.05, 4.69) is 4.98 Å². The molecule has 0 aliphatic heterocycles. The number of rotatable bonds is 2. The lowest BCUT2D eigenvalue weighted by Crippen LogP contribution is -2.17. The third kappa shape index (κ3) is 1.78. The molecule has 0 fully saturated rings. The maximum Gasteiger partial charge on any atom is 0.330 e. The minimum Gasteiger partial charge on any atom is -0.312 e. The first-order chi connectivity index (χ1) is 7.59. The van der Waals surface area contributed by atoms with Crippen LogP contribution in [0, 0.1) is 5.82 Å². The maximum absolute atomic E-state index is 13.1. The second-order valence-corrected chi connectivity index (χ2v) is 3.99. The van der Waals surface area contributed by atoms with Gasteiger partial charge in [0.2, 0.25) is 0 Å². The topological polar surface area (TPSA) is 37.8 Å². The van der Waals surface area contributed by atoms with E-state index in [1.807, 2.05) is 13.8 Å². The van der Waals surface area contributed by atoms with Crippen LogP contribution in [0.25, 0.3) is 5.69 Å². The van der Waals surface area contributed by atoms with Crippen molar-refractivity contribution in [1.82, 2.24) is 9.55 Å². The van der Waals surface area contributed by atoms with Crippen molar-refractivity contribution in [1.29, 1.82) is 0 Å². The predicted octanol–water partition coefficient (Wildman–Crippen LogP) is 2.43. The van der Waals surface area contributed by atoms with Crippen molar-refractivity contribution in [2.75, 3.05) is 0 Å². The Balaban J connectivity index is 2.63. The molecule has 1 aromatic heterocycles. The summed E-state index contributed by atoms with van der Waals surface area (Å²) in [7, 11) is 0. The number of halogens is 1. The van der Waals surface area contributed by atoms with E-state index in [9.17, 15) is 9.18 Å². The first-order valence-corrected chi connectivity index (χ1v) is 5.16. The molecule has 1 heterocycles. The molecule has 0 aliphatic carbocycles. The Morgan fingerprint density at radius 1 is 1.38 bits per heavy atom. The number of nitrogens with zero attached hydrogens (tertiary/aromatic N) is 1. The molecule has 0 saturated heterocycles. The monoisotopic (exact) mass is 220 g/mol. The molecule has 0 aliphatic rings. The maximum atomic E-state index is 13.1. The molecular weight excluding hydrogens is 207 g/mol. The number of imidazole rings is 1. The summed E-state index contributed by atoms with van der Waals surface area (Å²) in [6.07, 6.45) is 1.66. The van der Waals surface area contributed by atoms with Crippen molar-refractivity contribution in [2.45, 2.75) is 19.8 Å². The summed E-state index contributed by atoms with van der Waals surface area (Å²) in [6.45, 7) is 3.97. The lowest BCUT2D eigenvalue weighted by molar-refractivity contribution is 0.625. The van der Waals surface area contributed by atoms with Gasteiger partial charge in [0.25, 0.3) is 0 Å². The Morgan fingerprint density at radius 2 is 2.12 bits per heavy atom. The Morgan fingerprint density at radius 3 is 2.75 bits per heavy atom. The van der Waals surface area contributed by atoms with Gasteiger partial charge in [-0.25, -0.2) is 9.18 Å². The molecule has 0 unspecified atom stereocenters. The van der Waals surface area contributed by atoms with Gasteiger partial charge in [0.05, 0.1) is 5.69 Å². The van der Waals surface area contributed by atoms with Crippen LogP contribution in [-0.4, -0.2) is 9.55 Å². The van der Waals surface area contributed by atoms with Crippen molar-refractivity contribution in [2.24, 2.45) is 0 Å². The Bertz CT molecular complexity index is 554. The number of benzene rings is 1. The van der Waals surface area contributed by atoms with Crippen LogP contribution in [0.5, 0.6) is 0 Å². The van der Waals surface area contributed by atoms with Gasteiger partial charge >= 0.3 is 5.69 Å². The largest absolute Gasteiger partial charge is 0.330 e. The molecule has 1 N–H and O–H groups in total. The third-order valence-corrected chi connectivity index (χ3v) is 2.46. The molecule has 0 atom stereocenters. The van der Waals surface area contributed by atoms with Crippen LogP contribution in [0.15, 0.2) is 35.3 Å². The van der Waals surface area contributed by atoms with E-state index >= 15 is 0 Å². The molecule has 1 aromatic carbocycles. The molecule has 16 heavy (non-hydrogen) atoms. The van der Waals surface area contributed by atoms with Gasteiger partial charge in [0, 0.05) is 11.9 Å². The fourth-order valence-electron chi connectivity index (χ4n) is 1.69. The summed E-state index contributed by atoms with van der Waals surface area (Å²) in [6, 6.07) is 6.01. The molecule has 0 spiro atoms. The van der Waals surface area contributed by atoms with Crippen molar-refractivity contribution < 1.29 is 4.39 Å². The number of nitrogens with one attached hydrogen (secondary N) is 1. The standard InChI is InChI=1S/C12H13FN2O/c1-8(2)11-7-14-12(16)15(11)10-5-3-4-9(13)6-10/h3-8H,1-2H3,(H,14,16). The lowest BCUT2D eigenvalue weighted by atomic mass is 10.1. The van der Waals surface area contributed by atoms with E-state index in [0.29, 0.717) is 5.69 Å². The number of H-pyrrole nitrogens is 1. The van der Waals surface area contributed by atoms with E-state index in [0.717, 1.165) is 5.69 Å². The lowest BCUT2D eigenvalue weighted by Gasteiger charge is -2.09. The van der Waals surface area contributed by atoms with Gasteiger partial charge in [-0.2, -0.15) is 0 Å². The zero-order valence-corrected chi connectivity index (χ0v) is 9.20. The van der Waals surface area contributed by atoms with Crippen LogP contribution in [0.4, 0.5) is 4.39 Å². The molecule has 2 rings (SSSR count). The van der Waals surface area contributed by atoms with Crippen LogP contribution in [0.2, 0.25) is 0 Å². The predicted molar refractivity (Wildman–Crippen MR) is 60.4 cm³/mol. The van der Waals surface area contributed by atoms with Gasteiger partial charge in [-0.15, -0.1) is 0 Å². The second kappa shape index (κ2) is 3.96. The summed E-state index contributed by atoms with van der Waals surface area (Å²) in [5.74, 6) is -0.150. The smallest absolute Gasteiger partial charge is 0.312 e. The molecule has 4 heteroatoms. The molecule has 0 radical (unpaired) electrons. The zero-order chi connectivity index (χ0) is 11.7. The minimum absolute atomic E-state index is 0.196. The summed E-state index contributed by atoms with van der Waals surface area (Å²) in [4.78, 5) is 14.3. The third-order valence-electron chi connectivity index (χ3n) is 2.46. The highest BCUT2D eigenvalue weighted by atomic mass is 19.1. The fourth-order valence-corrected chi connectivity index (χ4v) is 1.69. The van der Waals surface area contributed by atoms with Gasteiger partial charge in [0.1, 0.15) is 5.82 Å². The number of hydrogen-bond donors (Lipinski definition) is 1. The average molecular weight is 220 g/mol. The van der Waals surface area contributed by atoms with E-state index in [4.69, 9.17) is 0 Å². The molecule has 2 aromatic rings. The number of aromatic amines is 1. The van der Waals surface area contributed by atoms with Crippen LogP contribution in [0.1, 0.15) is 25.5 Å². The van der Waals surface area contributed by atoms with Crippen molar-refractivity contribution in [3.63, 3.8) is 0 Å². The molecule has 0 bridgehead atoms. The SMILES string of the molecule is CC(C)c1c[nH]c(=O)n1-c1cccc(F)c1. The zero-order valence-electron chi connectivity index (χ0n) is 9.20. The van der Waals surface area contributed by atoms with Crippen LogP contribution in [-0.2, 0) is 0 Å². The first-order valence-electron chi connectivity index (χ1n) is 5.16. The van der Waals surface area contributed by atoms with Crippen molar-refractivity contribution in [3.05, 3.63) is 52.5 Å². The molecular formula is C12H13FN2O. The van der Waals surface area contributed by atoms with Gasteiger partial charge in [-0.1, -0.05) is 19.9 Å². The normalized spacial score (nSPS) is 11.0. The van der Waals surface area contributed by atoms with E-state index < -0.39 is 0 Å². The number of aromatic nitrogens is 2. The van der Waals surface area contributed by atoms with Gasteiger partial charge in [0.15, 0.2) is 0 Å². The van der Waals surface area contributed by atoms with Gasteiger partial charge in [-0.05, 0) is 24.1 Å². The molecule has 84 valence electrons. The summed E-state index contributed by atoms with van der Waals surface area (Å²) in [5, 5.41) is 0. The first kappa shape index (κ1) is 10.7. The highest BCUT2D eigenvalue weighted by Gasteiger charge is 2.11. The highest BCUT2D eigenvalue weighted by Crippen LogP contribution is 2.16. The fraction of sp³-hybridized carbons (Fsp3) is 0.250. The van der Waals surface area contributed by atoms with Gasteiger partial charge < -0.3 is 4.98 Å². The quantitative estimate of drug-likeness (QED) is 0.829. The Labute approximate surface area is 92.5 Å². The summed E-state index contributed by atoms with van der Waals surface area (Å²) >= 11 is 0. The molecule has 3 nitrogen and oxygen atoms in total. The van der Waals surface area contributed by atoms with Crippen molar-refractivity contribution >= 4 is 0 Å². The van der Waals surface area contributed by atoms with E-state index in [-0.39, 0.29) is 17.4 Å². The minimum atomic E-state index is -0.347. The Kier molecular flexibility index (Phi) is 2.64. The van der Waals surface area contributed by atoms with Crippen LogP contribution in [0.3, 0.4) is 0 Å². The molecule has 0 amide bonds. The number of hydrogen-bond acceptors (Lipinski definition) is 1. The summed E-state index contributed by atoms with van der Waals surface area (Å²) < 4.78 is 14.6. The van der Waals surface area contributed by atoms with E-state index in [1.165, 1.54) is 16.7 Å². The summed E-state index contributed by atoms with van der Waals surface area (Å²) in [5.41, 5.74) is 1.15. The van der Waals surface area contributed by atoms with Gasteiger partial charge in [-0.3, -0.25) is 4.57 Å². The molecule has 0 saturated carbocycles. The Hall–Kier alpha value is -1.84. The van der Waals surface area contributed by atoms with Crippen molar-refractivity contribution in [3.8, 4) is 5.69 Å². The second-order valence-electron chi connectivity index (χ2n) is 3.99. The highest BCUT2D eigenvalue weighted by molar-refractivity contribution is 5.34. The average Bonchev–Trinajstić information content (AvgIpc) is 2.60. The van der Waals surface area contributed by atoms with Crippen LogP contribution >= 0.6 is 0 Å². The van der Waals surface area contributed by atoms with E-state index in [1.54, 1.807) is 18.3 Å². The van der Waals surface area contributed by atoms with Crippen LogP contribution < -0.4 is 5.69 Å².